The van der Waals surface area contributed by atoms with Crippen molar-refractivity contribution in [2.75, 3.05) is 6.54 Å². The second kappa shape index (κ2) is 3.55. The SMILES string of the molecule is CC(C)C1CC(C#N)(NCC2CC2)C1. The van der Waals surface area contributed by atoms with Gasteiger partial charge >= 0.3 is 0 Å². The van der Waals surface area contributed by atoms with Crippen molar-refractivity contribution >= 4 is 0 Å². The second-order valence-corrected chi connectivity index (χ2v) is 5.43. The lowest BCUT2D eigenvalue weighted by atomic mass is 9.64. The van der Waals surface area contributed by atoms with Crippen molar-refractivity contribution in [3.05, 3.63) is 0 Å². The molecule has 0 aromatic carbocycles. The molecule has 0 bridgehead atoms. The first-order valence-electron chi connectivity index (χ1n) is 5.81. The van der Waals surface area contributed by atoms with Gasteiger partial charge < -0.3 is 0 Å². The van der Waals surface area contributed by atoms with Crippen molar-refractivity contribution in [3.8, 4) is 6.07 Å². The first-order valence-corrected chi connectivity index (χ1v) is 5.81. The zero-order valence-corrected chi connectivity index (χ0v) is 9.21. The molecule has 2 heteroatoms. The molecular formula is C12H20N2. The maximum atomic E-state index is 9.16. The molecule has 0 aromatic rings. The van der Waals surface area contributed by atoms with Crippen LogP contribution in [-0.4, -0.2) is 12.1 Å². The van der Waals surface area contributed by atoms with Crippen LogP contribution in [0, 0.1) is 29.1 Å². The second-order valence-electron chi connectivity index (χ2n) is 5.43. The van der Waals surface area contributed by atoms with E-state index in [1.807, 2.05) is 0 Å². The average Bonchev–Trinajstić information content (AvgIpc) is 2.86. The summed E-state index contributed by atoms with van der Waals surface area (Å²) < 4.78 is 0. The molecule has 0 saturated heterocycles. The van der Waals surface area contributed by atoms with Crippen LogP contribution < -0.4 is 5.32 Å². The van der Waals surface area contributed by atoms with E-state index >= 15 is 0 Å². The highest BCUT2D eigenvalue weighted by Crippen LogP contribution is 2.42. The van der Waals surface area contributed by atoms with E-state index in [0.29, 0.717) is 0 Å². The van der Waals surface area contributed by atoms with E-state index in [0.717, 1.165) is 37.1 Å². The van der Waals surface area contributed by atoms with Gasteiger partial charge in [-0.1, -0.05) is 13.8 Å². The van der Waals surface area contributed by atoms with Gasteiger partial charge in [-0.3, -0.25) is 5.32 Å². The van der Waals surface area contributed by atoms with Crippen molar-refractivity contribution in [3.63, 3.8) is 0 Å². The number of hydrogen-bond acceptors (Lipinski definition) is 2. The van der Waals surface area contributed by atoms with E-state index < -0.39 is 0 Å². The van der Waals surface area contributed by atoms with Gasteiger partial charge in [-0.15, -0.1) is 0 Å². The van der Waals surface area contributed by atoms with Gasteiger partial charge in [-0.05, 0) is 50.0 Å². The third kappa shape index (κ3) is 1.93. The van der Waals surface area contributed by atoms with E-state index in [2.05, 4.69) is 25.2 Å². The van der Waals surface area contributed by atoms with Crippen molar-refractivity contribution in [2.24, 2.45) is 17.8 Å². The Morgan fingerprint density at radius 1 is 1.43 bits per heavy atom. The monoisotopic (exact) mass is 192 g/mol. The number of nitriles is 1. The van der Waals surface area contributed by atoms with Gasteiger partial charge in [-0.2, -0.15) is 5.26 Å². The molecule has 0 aromatic heterocycles. The lowest BCUT2D eigenvalue weighted by molar-refractivity contribution is 0.115. The van der Waals surface area contributed by atoms with Crippen molar-refractivity contribution in [2.45, 2.75) is 45.1 Å². The Balaban J connectivity index is 1.79. The molecule has 2 fully saturated rings. The molecule has 1 N–H and O–H groups in total. The van der Waals surface area contributed by atoms with Crippen molar-refractivity contribution < 1.29 is 0 Å². The van der Waals surface area contributed by atoms with E-state index in [1.165, 1.54) is 12.8 Å². The fourth-order valence-electron chi connectivity index (χ4n) is 2.24. The minimum absolute atomic E-state index is 0.155. The van der Waals surface area contributed by atoms with Crippen LogP contribution in [0.15, 0.2) is 0 Å². The molecule has 0 atom stereocenters. The summed E-state index contributed by atoms with van der Waals surface area (Å²) >= 11 is 0. The maximum Gasteiger partial charge on any atom is 0.107 e. The molecule has 0 amide bonds. The molecular weight excluding hydrogens is 172 g/mol. The summed E-state index contributed by atoms with van der Waals surface area (Å²) in [5.41, 5.74) is -0.155. The van der Waals surface area contributed by atoms with Gasteiger partial charge in [0, 0.05) is 0 Å². The van der Waals surface area contributed by atoms with Gasteiger partial charge in [0.05, 0.1) is 6.07 Å². The molecule has 0 radical (unpaired) electrons. The van der Waals surface area contributed by atoms with Crippen LogP contribution in [0.1, 0.15) is 39.5 Å². The van der Waals surface area contributed by atoms with Crippen LogP contribution in [-0.2, 0) is 0 Å². The Kier molecular flexibility index (Phi) is 2.53. The summed E-state index contributed by atoms with van der Waals surface area (Å²) in [5, 5.41) is 12.6. The zero-order chi connectivity index (χ0) is 10.2. The Morgan fingerprint density at radius 2 is 2.07 bits per heavy atom. The number of rotatable bonds is 4. The smallest absolute Gasteiger partial charge is 0.107 e. The number of nitrogens with one attached hydrogen (secondary N) is 1. The minimum Gasteiger partial charge on any atom is -0.299 e. The third-order valence-corrected chi connectivity index (χ3v) is 3.80. The summed E-state index contributed by atoms with van der Waals surface area (Å²) in [4.78, 5) is 0. The topological polar surface area (TPSA) is 35.8 Å². The largest absolute Gasteiger partial charge is 0.299 e. The summed E-state index contributed by atoms with van der Waals surface area (Å²) in [7, 11) is 0. The summed E-state index contributed by atoms with van der Waals surface area (Å²) in [6.07, 6.45) is 4.85. The van der Waals surface area contributed by atoms with Gasteiger partial charge in [0.25, 0.3) is 0 Å². The first-order chi connectivity index (χ1) is 6.65. The first kappa shape index (κ1) is 9.98. The number of hydrogen-bond donors (Lipinski definition) is 1. The van der Waals surface area contributed by atoms with E-state index in [1.54, 1.807) is 0 Å². The zero-order valence-electron chi connectivity index (χ0n) is 9.21. The standard InChI is InChI=1S/C12H20N2/c1-9(2)11-5-12(6-11,8-13)14-7-10-3-4-10/h9-11,14H,3-7H2,1-2H3. The van der Waals surface area contributed by atoms with E-state index in [4.69, 9.17) is 5.26 Å². The van der Waals surface area contributed by atoms with Crippen LogP contribution in [0.3, 0.4) is 0 Å². The van der Waals surface area contributed by atoms with E-state index in [-0.39, 0.29) is 5.54 Å². The van der Waals surface area contributed by atoms with Crippen LogP contribution in [0.4, 0.5) is 0 Å². The highest BCUT2D eigenvalue weighted by Gasteiger charge is 2.45. The summed E-state index contributed by atoms with van der Waals surface area (Å²) in [5.74, 6) is 2.37. The molecule has 0 unspecified atom stereocenters. The molecule has 0 spiro atoms. The normalized spacial score (nSPS) is 36.6. The fraction of sp³-hybridized carbons (Fsp3) is 0.917. The molecule has 14 heavy (non-hydrogen) atoms. The van der Waals surface area contributed by atoms with Crippen molar-refractivity contribution in [1.29, 1.82) is 5.26 Å². The lowest BCUT2D eigenvalue weighted by Crippen LogP contribution is -2.55. The van der Waals surface area contributed by atoms with Crippen LogP contribution >= 0.6 is 0 Å². The third-order valence-electron chi connectivity index (χ3n) is 3.80. The Labute approximate surface area is 86.7 Å². The van der Waals surface area contributed by atoms with Crippen LogP contribution in [0.2, 0.25) is 0 Å². The van der Waals surface area contributed by atoms with Crippen LogP contribution in [0.25, 0.3) is 0 Å². The van der Waals surface area contributed by atoms with E-state index in [9.17, 15) is 0 Å². The molecule has 2 saturated carbocycles. The highest BCUT2D eigenvalue weighted by molar-refractivity contribution is 5.16. The summed E-state index contributed by atoms with van der Waals surface area (Å²) in [6, 6.07) is 2.47. The van der Waals surface area contributed by atoms with Crippen molar-refractivity contribution in [1.82, 2.24) is 5.32 Å². The summed E-state index contributed by atoms with van der Waals surface area (Å²) in [6.45, 7) is 5.58. The van der Waals surface area contributed by atoms with Gasteiger partial charge in [0.2, 0.25) is 0 Å². The Morgan fingerprint density at radius 3 is 2.50 bits per heavy atom. The lowest BCUT2D eigenvalue weighted by Gasteiger charge is -2.45. The molecule has 2 nitrogen and oxygen atoms in total. The predicted molar refractivity (Wildman–Crippen MR) is 56.6 cm³/mol. The molecule has 2 aliphatic carbocycles. The van der Waals surface area contributed by atoms with Gasteiger partial charge in [-0.25, -0.2) is 0 Å². The minimum atomic E-state index is -0.155. The molecule has 78 valence electrons. The fourth-order valence-corrected chi connectivity index (χ4v) is 2.24. The molecule has 0 heterocycles. The Hall–Kier alpha value is -0.550. The van der Waals surface area contributed by atoms with Crippen LogP contribution in [0.5, 0.6) is 0 Å². The highest BCUT2D eigenvalue weighted by atomic mass is 15.0. The quantitative estimate of drug-likeness (QED) is 0.742. The molecule has 2 aliphatic rings. The number of nitrogens with zero attached hydrogens (tertiary/aromatic N) is 1. The van der Waals surface area contributed by atoms with Gasteiger partial charge in [0.1, 0.15) is 5.54 Å². The Bertz CT molecular complexity index is 236. The predicted octanol–water partition coefficient (Wildman–Crippen LogP) is 2.31. The molecule has 2 rings (SSSR count). The maximum absolute atomic E-state index is 9.16. The molecule has 0 aliphatic heterocycles. The van der Waals surface area contributed by atoms with Gasteiger partial charge in [0.15, 0.2) is 0 Å². The average molecular weight is 192 g/mol.